The van der Waals surface area contributed by atoms with Crippen molar-refractivity contribution < 1.29 is 0 Å². The van der Waals surface area contributed by atoms with Crippen LogP contribution in [0.3, 0.4) is 0 Å². The highest BCUT2D eigenvalue weighted by atomic mass is 35.5. The molecule has 0 amide bonds. The van der Waals surface area contributed by atoms with Crippen LogP contribution in [0.15, 0.2) is 0 Å². The van der Waals surface area contributed by atoms with Crippen molar-refractivity contribution in [3.05, 3.63) is 6.92 Å². The van der Waals surface area contributed by atoms with Crippen molar-refractivity contribution in [1.29, 1.82) is 0 Å². The summed E-state index contributed by atoms with van der Waals surface area (Å²) in [4.78, 5) is 0. The minimum atomic E-state index is -0.205. The molecule has 0 aliphatic rings. The van der Waals surface area contributed by atoms with Gasteiger partial charge in [-0.15, -0.1) is 3.94 Å². The van der Waals surface area contributed by atoms with Gasteiger partial charge in [0.25, 0.3) is 0 Å². The topological polar surface area (TPSA) is 3.24 Å². The van der Waals surface area contributed by atoms with Gasteiger partial charge in [0.2, 0.25) is 0 Å². The van der Waals surface area contributed by atoms with Gasteiger partial charge < -0.3 is 0 Å². The molecule has 0 unspecified atom stereocenters. The predicted octanol–water partition coefficient (Wildman–Crippen LogP) is 2.60. The van der Waals surface area contributed by atoms with Gasteiger partial charge in [-0.3, -0.25) is 0 Å². The summed E-state index contributed by atoms with van der Waals surface area (Å²) in [6.45, 7) is 7.50. The minimum Gasteiger partial charge on any atom is -0.126 e. The second-order valence-corrected chi connectivity index (χ2v) is 3.14. The van der Waals surface area contributed by atoms with Gasteiger partial charge in [0.15, 0.2) is 0 Å². The Kier molecular flexibility index (Phi) is 3.10. The lowest BCUT2D eigenvalue weighted by Gasteiger charge is -2.24. The molecule has 0 rings (SSSR count). The van der Waals surface area contributed by atoms with Crippen LogP contribution in [-0.2, 0) is 0 Å². The third-order valence-corrected chi connectivity index (χ3v) is 1.98. The summed E-state index contributed by atoms with van der Waals surface area (Å²) in [6.07, 6.45) is 0.694. The van der Waals surface area contributed by atoms with Crippen LogP contribution in [0.2, 0.25) is 0 Å². The van der Waals surface area contributed by atoms with E-state index in [0.717, 1.165) is 3.94 Å². The lowest BCUT2D eigenvalue weighted by Crippen LogP contribution is -2.29. The Balaban J connectivity index is 3.71. The molecule has 0 aliphatic carbocycles. The van der Waals surface area contributed by atoms with Crippen LogP contribution in [0.25, 0.3) is 0 Å². The Morgan fingerprint density at radius 2 is 1.88 bits per heavy atom. The van der Waals surface area contributed by atoms with E-state index in [2.05, 4.69) is 6.92 Å². The van der Waals surface area contributed by atoms with Crippen LogP contribution in [0.4, 0.5) is 0 Å². The summed E-state index contributed by atoms with van der Waals surface area (Å²) >= 11 is 10.9. The molecular weight excluding hydrogens is 145 g/mol. The second kappa shape index (κ2) is 2.90. The normalized spacial score (nSPS) is 12.8. The summed E-state index contributed by atoms with van der Waals surface area (Å²) < 4.78 is 1.13. The Morgan fingerprint density at radius 1 is 1.50 bits per heavy atom. The maximum Gasteiger partial charge on any atom is 0.0470 e. The van der Waals surface area contributed by atoms with E-state index >= 15 is 0 Å². The van der Waals surface area contributed by atoms with E-state index in [9.17, 15) is 0 Å². The maximum absolute atomic E-state index is 5.43. The molecule has 0 aromatic rings. The smallest absolute Gasteiger partial charge is 0.0470 e. The molecule has 0 fully saturated rings. The highest BCUT2D eigenvalue weighted by molar-refractivity contribution is 6.34. The molecule has 0 heterocycles. The molecule has 0 saturated carbocycles. The molecular formula is C5H10Cl2N. The first-order chi connectivity index (χ1) is 3.50. The van der Waals surface area contributed by atoms with E-state index in [-0.39, 0.29) is 5.54 Å². The number of halogens is 2. The molecule has 49 valence electrons. The van der Waals surface area contributed by atoms with Crippen molar-refractivity contribution in [2.24, 2.45) is 0 Å². The number of rotatable bonds is 2. The van der Waals surface area contributed by atoms with Gasteiger partial charge in [0, 0.05) is 5.54 Å². The SMILES string of the molecule is [CH2]CC(C)(C)N(Cl)Cl. The first-order valence-electron chi connectivity index (χ1n) is 2.42. The fraction of sp³-hybridized carbons (Fsp3) is 0.800. The van der Waals surface area contributed by atoms with E-state index in [1.807, 2.05) is 13.8 Å². The number of nitrogens with zero attached hydrogens (tertiary/aromatic N) is 1. The van der Waals surface area contributed by atoms with Gasteiger partial charge in [-0.05, 0) is 43.8 Å². The van der Waals surface area contributed by atoms with Gasteiger partial charge in [-0.1, -0.05) is 6.92 Å². The molecule has 3 heteroatoms. The van der Waals surface area contributed by atoms with E-state index in [1.165, 1.54) is 0 Å². The molecule has 0 bridgehead atoms. The highest BCUT2D eigenvalue weighted by Gasteiger charge is 2.20. The summed E-state index contributed by atoms with van der Waals surface area (Å²) in [5.41, 5.74) is -0.205. The fourth-order valence-electron chi connectivity index (χ4n) is 0.0845. The quantitative estimate of drug-likeness (QED) is 0.554. The summed E-state index contributed by atoms with van der Waals surface area (Å²) in [7, 11) is 0. The van der Waals surface area contributed by atoms with Gasteiger partial charge in [-0.25, -0.2) is 0 Å². The standard InChI is InChI=1S/C5H10Cl2N/c1-4-5(2,3)8(6)7/h1,4H2,2-3H3. The molecule has 0 saturated heterocycles. The number of hydrogen-bond donors (Lipinski definition) is 0. The Bertz CT molecular complexity index is 70.8. The third-order valence-electron chi connectivity index (χ3n) is 1.07. The van der Waals surface area contributed by atoms with Crippen molar-refractivity contribution in [3.63, 3.8) is 0 Å². The third kappa shape index (κ3) is 2.21. The largest absolute Gasteiger partial charge is 0.126 e. The van der Waals surface area contributed by atoms with Gasteiger partial charge in [0.05, 0.1) is 0 Å². The minimum absolute atomic E-state index is 0.205. The average Bonchev–Trinajstić information content (AvgIpc) is 1.67. The molecule has 0 spiro atoms. The lowest BCUT2D eigenvalue weighted by molar-refractivity contribution is 0.355. The molecule has 8 heavy (non-hydrogen) atoms. The van der Waals surface area contributed by atoms with Crippen molar-refractivity contribution >= 4 is 23.6 Å². The first kappa shape index (κ1) is 8.54. The van der Waals surface area contributed by atoms with E-state index < -0.39 is 0 Å². The van der Waals surface area contributed by atoms with Crippen LogP contribution in [-0.4, -0.2) is 9.48 Å². The highest BCUT2D eigenvalue weighted by Crippen LogP contribution is 2.22. The monoisotopic (exact) mass is 154 g/mol. The molecule has 1 nitrogen and oxygen atoms in total. The van der Waals surface area contributed by atoms with Crippen LogP contribution >= 0.6 is 23.6 Å². The Hall–Kier alpha value is 0.540. The van der Waals surface area contributed by atoms with Crippen molar-refractivity contribution in [2.45, 2.75) is 25.8 Å². The zero-order valence-electron chi connectivity index (χ0n) is 5.12. The van der Waals surface area contributed by atoms with E-state index in [0.29, 0.717) is 6.42 Å². The van der Waals surface area contributed by atoms with Crippen molar-refractivity contribution in [2.75, 3.05) is 0 Å². The predicted molar refractivity (Wildman–Crippen MR) is 37.6 cm³/mol. The molecule has 0 aromatic heterocycles. The van der Waals surface area contributed by atoms with Crippen LogP contribution < -0.4 is 0 Å². The zero-order valence-corrected chi connectivity index (χ0v) is 6.63. The summed E-state index contributed by atoms with van der Waals surface area (Å²) in [5.74, 6) is 0. The molecule has 0 atom stereocenters. The molecule has 1 radical (unpaired) electrons. The first-order valence-corrected chi connectivity index (χ1v) is 3.09. The van der Waals surface area contributed by atoms with Crippen LogP contribution in [0.1, 0.15) is 20.3 Å². The molecule has 0 aromatic carbocycles. The van der Waals surface area contributed by atoms with E-state index in [4.69, 9.17) is 23.6 Å². The molecule has 0 N–H and O–H groups in total. The van der Waals surface area contributed by atoms with Crippen molar-refractivity contribution in [1.82, 2.24) is 3.94 Å². The van der Waals surface area contributed by atoms with E-state index in [1.54, 1.807) is 0 Å². The van der Waals surface area contributed by atoms with Gasteiger partial charge >= 0.3 is 0 Å². The van der Waals surface area contributed by atoms with Crippen molar-refractivity contribution in [3.8, 4) is 0 Å². The Labute approximate surface area is 60.8 Å². The van der Waals surface area contributed by atoms with Gasteiger partial charge in [-0.2, -0.15) is 0 Å². The number of hydrogen-bond acceptors (Lipinski definition) is 1. The summed E-state index contributed by atoms with van der Waals surface area (Å²) in [5, 5.41) is 0. The van der Waals surface area contributed by atoms with Crippen LogP contribution in [0.5, 0.6) is 0 Å². The molecule has 0 aliphatic heterocycles. The second-order valence-electron chi connectivity index (χ2n) is 2.30. The fourth-order valence-corrected chi connectivity index (χ4v) is 0.254. The van der Waals surface area contributed by atoms with Crippen LogP contribution in [0, 0.1) is 6.92 Å². The average molecular weight is 155 g/mol. The maximum atomic E-state index is 5.43. The summed E-state index contributed by atoms with van der Waals surface area (Å²) in [6, 6.07) is 0. The zero-order chi connectivity index (χ0) is 6.78. The Morgan fingerprint density at radius 3 is 1.88 bits per heavy atom. The lowest BCUT2D eigenvalue weighted by atomic mass is 10.0. The van der Waals surface area contributed by atoms with Gasteiger partial charge in [0.1, 0.15) is 0 Å².